The van der Waals surface area contributed by atoms with Gasteiger partial charge in [-0.05, 0) is 25.7 Å². The van der Waals surface area contributed by atoms with Crippen LogP contribution in [0.5, 0.6) is 0 Å². The van der Waals surface area contributed by atoms with Crippen LogP contribution in [0.25, 0.3) is 0 Å². The second-order valence-corrected chi connectivity index (χ2v) is 3.87. The van der Waals surface area contributed by atoms with Crippen molar-refractivity contribution in [3.63, 3.8) is 0 Å². The molecule has 3 nitrogen and oxygen atoms in total. The molecule has 0 N–H and O–H groups in total. The van der Waals surface area contributed by atoms with E-state index in [0.29, 0.717) is 18.6 Å². The summed E-state index contributed by atoms with van der Waals surface area (Å²) in [7, 11) is 0. The Hall–Kier alpha value is -1.06. The lowest BCUT2D eigenvalue weighted by atomic mass is 9.84. The first-order valence-corrected chi connectivity index (χ1v) is 4.88. The first-order valence-electron chi connectivity index (χ1n) is 4.88. The third-order valence-corrected chi connectivity index (χ3v) is 2.88. The summed E-state index contributed by atoms with van der Waals surface area (Å²) in [5.41, 5.74) is 0. The molecule has 1 saturated heterocycles. The van der Waals surface area contributed by atoms with Crippen LogP contribution >= 0.6 is 0 Å². The Bertz CT molecular complexity index is 256. The van der Waals surface area contributed by atoms with Gasteiger partial charge in [0.2, 0.25) is 0 Å². The largest absolute Gasteiger partial charge is 0.514 e. The molecule has 0 bridgehead atoms. The molecule has 0 spiro atoms. The van der Waals surface area contributed by atoms with Crippen molar-refractivity contribution in [2.45, 2.75) is 38.0 Å². The molecule has 14 heavy (non-hydrogen) atoms. The van der Waals surface area contributed by atoms with E-state index in [1.54, 1.807) is 0 Å². The zero-order valence-corrected chi connectivity index (χ0v) is 7.87. The molecule has 0 aromatic rings. The number of carbonyl (C=O) groups is 1. The standard InChI is InChI=1S/C10H13FO3/c1-6-9(14-10(12)13-6)7-2-4-8(11)5-3-7/h7-9H,1-5H2. The Balaban J connectivity index is 1.95. The highest BCUT2D eigenvalue weighted by Crippen LogP contribution is 2.35. The van der Waals surface area contributed by atoms with Crippen molar-refractivity contribution < 1.29 is 18.7 Å². The number of cyclic esters (lactones) is 2. The first-order chi connectivity index (χ1) is 6.66. The van der Waals surface area contributed by atoms with Gasteiger partial charge in [-0.25, -0.2) is 9.18 Å². The fraction of sp³-hybridized carbons (Fsp3) is 0.700. The maximum Gasteiger partial charge on any atom is 0.514 e. The summed E-state index contributed by atoms with van der Waals surface area (Å²) < 4.78 is 22.5. The zero-order valence-electron chi connectivity index (χ0n) is 7.87. The van der Waals surface area contributed by atoms with Gasteiger partial charge in [0.15, 0.2) is 6.10 Å². The number of alkyl halides is 1. The number of ether oxygens (including phenoxy) is 2. The molecule has 0 aromatic carbocycles. The quantitative estimate of drug-likeness (QED) is 0.610. The average Bonchev–Trinajstić information content (AvgIpc) is 2.47. The smallest absolute Gasteiger partial charge is 0.422 e. The summed E-state index contributed by atoms with van der Waals surface area (Å²) >= 11 is 0. The van der Waals surface area contributed by atoms with Crippen LogP contribution < -0.4 is 0 Å². The molecule has 2 fully saturated rings. The molecule has 1 heterocycles. The molecule has 1 aliphatic heterocycles. The molecule has 1 unspecified atom stereocenters. The van der Waals surface area contributed by atoms with E-state index >= 15 is 0 Å². The second-order valence-electron chi connectivity index (χ2n) is 3.87. The number of hydrogen-bond acceptors (Lipinski definition) is 3. The summed E-state index contributed by atoms with van der Waals surface area (Å²) in [5, 5.41) is 0. The van der Waals surface area contributed by atoms with Crippen molar-refractivity contribution in [2.24, 2.45) is 5.92 Å². The van der Waals surface area contributed by atoms with Crippen molar-refractivity contribution in [3.05, 3.63) is 12.3 Å². The third-order valence-electron chi connectivity index (χ3n) is 2.88. The van der Waals surface area contributed by atoms with Crippen LogP contribution in [0.4, 0.5) is 9.18 Å². The normalized spacial score (nSPS) is 37.9. The lowest BCUT2D eigenvalue weighted by Gasteiger charge is -2.26. The summed E-state index contributed by atoms with van der Waals surface area (Å²) in [6, 6.07) is 0. The molecule has 0 amide bonds. The Morgan fingerprint density at radius 3 is 2.43 bits per heavy atom. The van der Waals surface area contributed by atoms with Gasteiger partial charge in [0.05, 0.1) is 0 Å². The van der Waals surface area contributed by atoms with Crippen LogP contribution in [0.15, 0.2) is 12.3 Å². The van der Waals surface area contributed by atoms with Gasteiger partial charge in [0.1, 0.15) is 11.9 Å². The van der Waals surface area contributed by atoms with Crippen LogP contribution in [0.1, 0.15) is 25.7 Å². The molecular formula is C10H13FO3. The first kappa shape index (κ1) is 9.49. The molecule has 0 radical (unpaired) electrons. The number of halogens is 1. The summed E-state index contributed by atoms with van der Waals surface area (Å²) in [6.07, 6.45) is 0.843. The van der Waals surface area contributed by atoms with Crippen molar-refractivity contribution in [1.82, 2.24) is 0 Å². The van der Waals surface area contributed by atoms with Crippen LogP contribution in [0.3, 0.4) is 0 Å². The molecule has 1 atom stereocenters. The fourth-order valence-corrected chi connectivity index (χ4v) is 2.10. The molecule has 1 saturated carbocycles. The summed E-state index contributed by atoms with van der Waals surface area (Å²) in [4.78, 5) is 10.8. The van der Waals surface area contributed by atoms with E-state index in [1.807, 2.05) is 0 Å². The average molecular weight is 200 g/mol. The molecule has 2 rings (SSSR count). The van der Waals surface area contributed by atoms with Gasteiger partial charge in [-0.15, -0.1) is 0 Å². The molecule has 78 valence electrons. The van der Waals surface area contributed by atoms with E-state index in [0.717, 1.165) is 12.8 Å². The number of hydrogen-bond donors (Lipinski definition) is 0. The number of rotatable bonds is 1. The van der Waals surface area contributed by atoms with Crippen LogP contribution in [-0.2, 0) is 9.47 Å². The maximum absolute atomic E-state index is 12.9. The SMILES string of the molecule is C=C1OC(=O)OC1C1CCC(F)CC1. The minimum Gasteiger partial charge on any atom is -0.422 e. The predicted molar refractivity (Wildman–Crippen MR) is 47.3 cm³/mol. The van der Waals surface area contributed by atoms with E-state index in [-0.39, 0.29) is 12.0 Å². The Kier molecular flexibility index (Phi) is 2.44. The molecule has 2 aliphatic rings. The Morgan fingerprint density at radius 1 is 1.29 bits per heavy atom. The highest BCUT2D eigenvalue weighted by atomic mass is 19.1. The monoisotopic (exact) mass is 200 g/mol. The van der Waals surface area contributed by atoms with Crippen molar-refractivity contribution in [1.29, 1.82) is 0 Å². The van der Waals surface area contributed by atoms with Gasteiger partial charge in [-0.2, -0.15) is 0 Å². The van der Waals surface area contributed by atoms with E-state index in [9.17, 15) is 9.18 Å². The van der Waals surface area contributed by atoms with E-state index < -0.39 is 12.3 Å². The minimum atomic E-state index is -0.697. The maximum atomic E-state index is 12.9. The highest BCUT2D eigenvalue weighted by molar-refractivity contribution is 5.64. The van der Waals surface area contributed by atoms with Crippen molar-refractivity contribution >= 4 is 6.16 Å². The molecule has 4 heteroatoms. The molecular weight excluding hydrogens is 187 g/mol. The van der Waals surface area contributed by atoms with E-state index in [1.165, 1.54) is 0 Å². The van der Waals surface area contributed by atoms with Gasteiger partial charge in [0.25, 0.3) is 0 Å². The van der Waals surface area contributed by atoms with Gasteiger partial charge in [0, 0.05) is 5.92 Å². The lowest BCUT2D eigenvalue weighted by molar-refractivity contribution is 0.0774. The third kappa shape index (κ3) is 1.74. The predicted octanol–water partition coefficient (Wildman–Crippen LogP) is 2.56. The summed E-state index contributed by atoms with van der Waals surface area (Å²) in [5.74, 6) is 0.554. The van der Waals surface area contributed by atoms with Crippen molar-refractivity contribution in [2.75, 3.05) is 0 Å². The topological polar surface area (TPSA) is 35.5 Å². The fourth-order valence-electron chi connectivity index (χ4n) is 2.10. The van der Waals surface area contributed by atoms with E-state index in [2.05, 4.69) is 6.58 Å². The van der Waals surface area contributed by atoms with Gasteiger partial charge >= 0.3 is 6.16 Å². The Labute approximate surface area is 81.9 Å². The van der Waals surface area contributed by atoms with Gasteiger partial charge in [-0.1, -0.05) is 6.58 Å². The van der Waals surface area contributed by atoms with Gasteiger partial charge in [-0.3, -0.25) is 0 Å². The molecule has 1 aliphatic carbocycles. The lowest BCUT2D eigenvalue weighted by Crippen LogP contribution is -2.26. The Morgan fingerprint density at radius 2 is 1.93 bits per heavy atom. The van der Waals surface area contributed by atoms with Crippen molar-refractivity contribution in [3.8, 4) is 0 Å². The molecule has 0 aromatic heterocycles. The highest BCUT2D eigenvalue weighted by Gasteiger charge is 2.38. The van der Waals surface area contributed by atoms with Crippen LogP contribution in [0.2, 0.25) is 0 Å². The van der Waals surface area contributed by atoms with Gasteiger partial charge < -0.3 is 9.47 Å². The van der Waals surface area contributed by atoms with E-state index in [4.69, 9.17) is 9.47 Å². The van der Waals surface area contributed by atoms with Crippen LogP contribution in [0, 0.1) is 5.92 Å². The zero-order chi connectivity index (χ0) is 10.1. The number of carbonyl (C=O) groups excluding carboxylic acids is 1. The summed E-state index contributed by atoms with van der Waals surface area (Å²) in [6.45, 7) is 3.62. The minimum absolute atomic E-state index is 0.181. The van der Waals surface area contributed by atoms with Crippen LogP contribution in [-0.4, -0.2) is 18.4 Å². The second kappa shape index (κ2) is 3.59.